The van der Waals surface area contributed by atoms with Gasteiger partial charge < -0.3 is 32.3 Å². The molecule has 1 aromatic rings. The Morgan fingerprint density at radius 3 is 2.33 bits per heavy atom. The molecule has 0 spiro atoms. The third-order valence-corrected chi connectivity index (χ3v) is 7.74. The summed E-state index contributed by atoms with van der Waals surface area (Å²) in [6.45, 7) is 0.269. The summed E-state index contributed by atoms with van der Waals surface area (Å²) in [7, 11) is -3.54. The third-order valence-electron chi connectivity index (χ3n) is 7.13. The molecule has 224 valence electrons. The van der Waals surface area contributed by atoms with Gasteiger partial charge in [-0.1, -0.05) is 31.4 Å². The molecule has 2 amide bonds. The zero-order chi connectivity index (χ0) is 29.9. The molecule has 0 aliphatic heterocycles. The Labute approximate surface area is 234 Å². The summed E-state index contributed by atoms with van der Waals surface area (Å²) in [5.41, 5.74) is 11.0. The Morgan fingerprint density at radius 1 is 1.07 bits per heavy atom. The minimum atomic E-state index is -3.54. The van der Waals surface area contributed by atoms with Crippen molar-refractivity contribution in [3.8, 4) is 0 Å². The van der Waals surface area contributed by atoms with E-state index in [9.17, 15) is 37.8 Å². The molecule has 13 nitrogen and oxygen atoms in total. The smallest absolute Gasteiger partial charge is 0.326 e. The summed E-state index contributed by atoms with van der Waals surface area (Å²) < 4.78 is 25.4. The molecule has 14 heteroatoms. The Hall–Kier alpha value is -3.23. The maximum Gasteiger partial charge on any atom is 0.326 e. The summed E-state index contributed by atoms with van der Waals surface area (Å²) in [4.78, 5) is 50.0. The van der Waals surface area contributed by atoms with Crippen LogP contribution in [0, 0.1) is 11.3 Å². The van der Waals surface area contributed by atoms with Gasteiger partial charge >= 0.3 is 11.9 Å². The van der Waals surface area contributed by atoms with Gasteiger partial charge in [0.1, 0.15) is 6.04 Å². The van der Waals surface area contributed by atoms with Crippen LogP contribution in [0.15, 0.2) is 24.3 Å². The topological polar surface area (TPSA) is 231 Å². The van der Waals surface area contributed by atoms with Crippen LogP contribution in [-0.4, -0.2) is 73.8 Å². The molecule has 1 saturated carbocycles. The molecule has 0 heterocycles. The van der Waals surface area contributed by atoms with E-state index >= 15 is 0 Å². The lowest BCUT2D eigenvalue weighted by molar-refractivity contribution is -0.147. The van der Waals surface area contributed by atoms with E-state index in [1.807, 2.05) is 0 Å². The van der Waals surface area contributed by atoms with Crippen LogP contribution in [-0.2, 0) is 35.6 Å². The minimum Gasteiger partial charge on any atom is -0.481 e. The largest absolute Gasteiger partial charge is 0.481 e. The van der Waals surface area contributed by atoms with Crippen molar-refractivity contribution < 1.29 is 37.8 Å². The number of carbonyl (C=O) groups excluding carboxylic acids is 2. The number of carboxylic acids is 2. The van der Waals surface area contributed by atoms with Gasteiger partial charge in [-0.05, 0) is 56.3 Å². The van der Waals surface area contributed by atoms with Crippen molar-refractivity contribution in [2.75, 3.05) is 24.1 Å². The van der Waals surface area contributed by atoms with Gasteiger partial charge in [0.05, 0.1) is 23.6 Å². The van der Waals surface area contributed by atoms with Crippen molar-refractivity contribution in [1.29, 1.82) is 0 Å². The lowest BCUT2D eigenvalue weighted by atomic mass is 9.76. The number of aliphatic carboxylic acids is 2. The predicted octanol–water partition coefficient (Wildman–Crippen LogP) is 0.394. The SMILES string of the molecule is CS(=O)(=O)Nc1cccc(C[C@H](NC(=O)C2(C[C@@H](CNC(=O)C(N)CCCCN)C(=O)O)CCCC2)C(=O)O)c1. The molecule has 1 aromatic carbocycles. The Morgan fingerprint density at radius 2 is 1.75 bits per heavy atom. The zero-order valence-electron chi connectivity index (χ0n) is 22.7. The monoisotopic (exact) mass is 583 g/mol. The highest BCUT2D eigenvalue weighted by Crippen LogP contribution is 2.43. The van der Waals surface area contributed by atoms with Gasteiger partial charge in [-0.3, -0.25) is 19.1 Å². The summed E-state index contributed by atoms with van der Waals surface area (Å²) in [5.74, 6) is -4.58. The van der Waals surface area contributed by atoms with Gasteiger partial charge in [-0.15, -0.1) is 0 Å². The van der Waals surface area contributed by atoms with Crippen molar-refractivity contribution in [3.63, 3.8) is 0 Å². The van der Waals surface area contributed by atoms with Crippen molar-refractivity contribution in [1.82, 2.24) is 10.6 Å². The molecular formula is C26H41N5O8S. The van der Waals surface area contributed by atoms with Gasteiger partial charge in [0.15, 0.2) is 0 Å². The Bertz CT molecular complexity index is 1150. The number of anilines is 1. The summed E-state index contributed by atoms with van der Waals surface area (Å²) in [5, 5.41) is 24.8. The van der Waals surface area contributed by atoms with Crippen LogP contribution in [0.2, 0.25) is 0 Å². The van der Waals surface area contributed by atoms with Crippen molar-refractivity contribution >= 4 is 39.5 Å². The average Bonchev–Trinajstić information content (AvgIpc) is 3.35. The van der Waals surface area contributed by atoms with Crippen LogP contribution in [0.3, 0.4) is 0 Å². The number of hydrogen-bond donors (Lipinski definition) is 7. The van der Waals surface area contributed by atoms with Crippen LogP contribution in [0.1, 0.15) is 56.9 Å². The molecule has 2 rings (SSSR count). The van der Waals surface area contributed by atoms with Gasteiger partial charge in [-0.2, -0.15) is 0 Å². The fourth-order valence-corrected chi connectivity index (χ4v) is 5.57. The number of unbranched alkanes of at least 4 members (excludes halogenated alkanes) is 1. The maximum absolute atomic E-state index is 13.5. The normalized spacial score (nSPS) is 16.9. The number of benzene rings is 1. The number of rotatable bonds is 17. The first kappa shape index (κ1) is 33.0. The fourth-order valence-electron chi connectivity index (χ4n) is 5.01. The van der Waals surface area contributed by atoms with Crippen molar-refractivity contribution in [3.05, 3.63) is 29.8 Å². The Kier molecular flexibility index (Phi) is 12.3. The van der Waals surface area contributed by atoms with Crippen LogP contribution in [0.5, 0.6) is 0 Å². The number of hydrogen-bond acceptors (Lipinski definition) is 8. The first-order valence-corrected chi connectivity index (χ1v) is 15.2. The highest BCUT2D eigenvalue weighted by molar-refractivity contribution is 7.92. The van der Waals surface area contributed by atoms with E-state index in [4.69, 9.17) is 11.5 Å². The molecule has 1 fully saturated rings. The molecule has 1 aliphatic rings. The lowest BCUT2D eigenvalue weighted by Crippen LogP contribution is -2.50. The number of carbonyl (C=O) groups is 4. The van der Waals surface area contributed by atoms with Gasteiger partial charge in [0.2, 0.25) is 21.8 Å². The molecule has 3 atom stereocenters. The molecule has 0 saturated heterocycles. The number of nitrogens with two attached hydrogens (primary N) is 2. The molecular weight excluding hydrogens is 542 g/mol. The highest BCUT2D eigenvalue weighted by atomic mass is 32.2. The highest BCUT2D eigenvalue weighted by Gasteiger charge is 2.45. The second-order valence-corrected chi connectivity index (χ2v) is 12.3. The first-order valence-electron chi connectivity index (χ1n) is 13.3. The van der Waals surface area contributed by atoms with Crippen LogP contribution < -0.4 is 26.8 Å². The molecule has 1 aliphatic carbocycles. The van der Waals surface area contributed by atoms with E-state index in [1.165, 1.54) is 12.1 Å². The molecule has 0 bridgehead atoms. The van der Waals surface area contributed by atoms with Gasteiger partial charge in [0, 0.05) is 18.7 Å². The van der Waals surface area contributed by atoms with Crippen LogP contribution in [0.4, 0.5) is 5.69 Å². The van der Waals surface area contributed by atoms with E-state index < -0.39 is 57.2 Å². The van der Waals surface area contributed by atoms with E-state index in [0.717, 1.165) is 12.7 Å². The van der Waals surface area contributed by atoms with Crippen molar-refractivity contribution in [2.45, 2.75) is 69.9 Å². The van der Waals surface area contributed by atoms with E-state index in [2.05, 4.69) is 15.4 Å². The first-order chi connectivity index (χ1) is 18.8. The average molecular weight is 584 g/mol. The predicted molar refractivity (Wildman–Crippen MR) is 149 cm³/mol. The van der Waals surface area contributed by atoms with Gasteiger partial charge in [-0.25, -0.2) is 13.2 Å². The minimum absolute atomic E-state index is 0.0725. The van der Waals surface area contributed by atoms with E-state index in [0.29, 0.717) is 50.6 Å². The molecule has 0 radical (unpaired) electrons. The second-order valence-electron chi connectivity index (χ2n) is 10.5. The Balaban J connectivity index is 2.12. The molecule has 0 aromatic heterocycles. The van der Waals surface area contributed by atoms with Crippen LogP contribution >= 0.6 is 0 Å². The van der Waals surface area contributed by atoms with Crippen LogP contribution in [0.25, 0.3) is 0 Å². The number of amides is 2. The maximum atomic E-state index is 13.5. The quantitative estimate of drug-likeness (QED) is 0.125. The second kappa shape index (κ2) is 15.0. The number of nitrogens with one attached hydrogen (secondary N) is 3. The molecule has 9 N–H and O–H groups in total. The van der Waals surface area contributed by atoms with E-state index in [-0.39, 0.29) is 25.1 Å². The number of sulfonamides is 1. The number of carboxylic acid groups (broad SMARTS) is 2. The zero-order valence-corrected chi connectivity index (χ0v) is 23.5. The summed E-state index contributed by atoms with van der Waals surface area (Å²) in [6.07, 6.45) is 4.73. The lowest BCUT2D eigenvalue weighted by Gasteiger charge is -2.32. The molecule has 40 heavy (non-hydrogen) atoms. The van der Waals surface area contributed by atoms with E-state index in [1.54, 1.807) is 12.1 Å². The summed E-state index contributed by atoms with van der Waals surface area (Å²) >= 11 is 0. The standard InChI is InChI=1S/C26H41N5O8S/c1-40(38,39)31-19-8-6-7-17(13-19)14-21(24(35)36)30-25(37)26(10-3-4-11-26)15-18(23(33)34)16-29-22(32)20(28)9-2-5-12-27/h6-8,13,18,20-21,31H,2-5,9-12,14-16,27-28H2,1H3,(H,29,32)(H,30,37)(H,33,34)(H,35,36)/t18-,20?,21-/m0/s1. The fraction of sp³-hybridized carbons (Fsp3) is 0.615. The third kappa shape index (κ3) is 10.4. The van der Waals surface area contributed by atoms with Crippen molar-refractivity contribution in [2.24, 2.45) is 22.8 Å². The van der Waals surface area contributed by atoms with Gasteiger partial charge in [0.25, 0.3) is 0 Å². The summed E-state index contributed by atoms with van der Waals surface area (Å²) in [6, 6.07) is 4.06. The molecule has 1 unspecified atom stereocenters.